The molecular formula is C55H59FN8O7. The lowest BCUT2D eigenvalue weighted by molar-refractivity contribution is -0.134. The number of rotatable bonds is 12. The second-order valence-electron chi connectivity index (χ2n) is 18.7. The van der Waals surface area contributed by atoms with Gasteiger partial charge in [-0.05, 0) is 130 Å². The fourth-order valence-corrected chi connectivity index (χ4v) is 9.80. The van der Waals surface area contributed by atoms with Crippen molar-refractivity contribution in [2.24, 2.45) is 13.0 Å². The molecule has 5 aromatic rings. The van der Waals surface area contributed by atoms with E-state index in [0.717, 1.165) is 67.4 Å². The number of aromatic carboxylic acids is 1. The summed E-state index contributed by atoms with van der Waals surface area (Å²) in [4.78, 5) is 80.6. The molecule has 8 rings (SSSR count). The smallest absolute Gasteiger partial charge is 0.335 e. The molecule has 3 fully saturated rings. The number of anilines is 1. The summed E-state index contributed by atoms with van der Waals surface area (Å²) < 4.78 is 17.3. The number of imide groups is 1. The molecule has 4 N–H and O–H groups in total. The fraction of sp³-hybridized carbons (Fsp3) is 0.400. The van der Waals surface area contributed by atoms with Crippen molar-refractivity contribution in [1.82, 2.24) is 35.5 Å². The number of nitrogens with zero attached hydrogens (tertiary/aromatic N) is 5. The van der Waals surface area contributed by atoms with E-state index in [4.69, 9.17) is 0 Å². The number of piperidine rings is 2. The van der Waals surface area contributed by atoms with E-state index in [9.17, 15) is 33.9 Å². The van der Waals surface area contributed by atoms with E-state index in [1.54, 1.807) is 42.1 Å². The van der Waals surface area contributed by atoms with E-state index in [1.807, 2.05) is 47.9 Å². The first-order valence-corrected chi connectivity index (χ1v) is 24.3. The van der Waals surface area contributed by atoms with Crippen molar-refractivity contribution in [3.63, 3.8) is 0 Å². The highest BCUT2D eigenvalue weighted by atomic mass is 19.1. The molecule has 3 aliphatic heterocycles. The Kier molecular flexibility index (Phi) is 15.5. The topological polar surface area (TPSA) is 186 Å². The lowest BCUT2D eigenvalue weighted by Crippen LogP contribution is -2.49. The summed E-state index contributed by atoms with van der Waals surface area (Å²) in [7, 11) is 1.76. The number of fused-ring (bicyclic) bond motifs is 2. The Morgan fingerprint density at radius 3 is 2.41 bits per heavy atom. The third-order valence-electron chi connectivity index (χ3n) is 13.9. The second-order valence-corrected chi connectivity index (χ2v) is 18.7. The number of carboxylic acid groups (broad SMARTS) is 1. The summed E-state index contributed by atoms with van der Waals surface area (Å²) in [5.74, 6) is 9.76. The third kappa shape index (κ3) is 11.7. The number of halogens is 1. The number of hydrogen-bond donors (Lipinski definition) is 4. The van der Waals surface area contributed by atoms with Gasteiger partial charge in [-0.25, -0.2) is 9.18 Å². The normalized spacial score (nSPS) is 16.9. The number of amides is 5. The zero-order valence-electron chi connectivity index (χ0n) is 40.6. The van der Waals surface area contributed by atoms with Gasteiger partial charge in [0.05, 0.1) is 41.0 Å². The number of carbonyl (C=O) groups is 6. The van der Waals surface area contributed by atoms with Crippen LogP contribution in [-0.2, 0) is 26.2 Å². The zero-order chi connectivity index (χ0) is 50.3. The lowest BCUT2D eigenvalue weighted by atomic mass is 9.92. The van der Waals surface area contributed by atoms with Crippen LogP contribution < -0.4 is 20.9 Å². The van der Waals surface area contributed by atoms with E-state index in [1.165, 1.54) is 13.0 Å². The van der Waals surface area contributed by atoms with Crippen molar-refractivity contribution in [3.8, 4) is 23.7 Å². The van der Waals surface area contributed by atoms with Gasteiger partial charge in [0.25, 0.3) is 5.91 Å². The molecule has 3 aliphatic rings. The molecule has 71 heavy (non-hydrogen) atoms. The summed E-state index contributed by atoms with van der Waals surface area (Å²) in [5.41, 5.74) is 5.21. The second kappa shape index (κ2) is 22.0. The number of likely N-dealkylation sites (tertiary alicyclic amines) is 1. The molecule has 2 atom stereocenters. The molecule has 0 aliphatic carbocycles. The highest BCUT2D eigenvalue weighted by Gasteiger charge is 2.33. The monoisotopic (exact) mass is 962 g/mol. The molecule has 368 valence electrons. The Morgan fingerprint density at radius 2 is 1.68 bits per heavy atom. The van der Waals surface area contributed by atoms with Crippen molar-refractivity contribution >= 4 is 62.9 Å². The number of aryl methyl sites for hydroxylation is 2. The van der Waals surface area contributed by atoms with Crippen LogP contribution in [0.25, 0.3) is 21.7 Å². The molecule has 4 heterocycles. The molecule has 1 aromatic heterocycles. The Morgan fingerprint density at radius 1 is 0.901 bits per heavy atom. The SMILES string of the molecule is CC(=O)NCC#Cc1ccc(C)c(C(=O)N[C@H](C)c2ccc(C#CC3CCN(CCCCC(=O)N4CCN(c5cc6c(cc5F)c(C5CCC(=O)NC5=O)nn6C)CC4)CC3)c3cc(C(=O)O)ccc23)c1. The summed E-state index contributed by atoms with van der Waals surface area (Å²) in [6, 6.07) is 17.0. The van der Waals surface area contributed by atoms with E-state index < -0.39 is 29.7 Å². The van der Waals surface area contributed by atoms with E-state index in [2.05, 4.69) is 49.6 Å². The Balaban J connectivity index is 0.806. The van der Waals surface area contributed by atoms with Gasteiger partial charge >= 0.3 is 5.97 Å². The van der Waals surface area contributed by atoms with Crippen molar-refractivity contribution in [1.29, 1.82) is 0 Å². The van der Waals surface area contributed by atoms with Crippen molar-refractivity contribution in [2.45, 2.75) is 77.7 Å². The van der Waals surface area contributed by atoms with Crippen molar-refractivity contribution in [3.05, 3.63) is 106 Å². The molecule has 16 heteroatoms. The fourth-order valence-electron chi connectivity index (χ4n) is 9.80. The molecule has 1 unspecified atom stereocenters. The predicted octanol–water partition coefficient (Wildman–Crippen LogP) is 5.95. The van der Waals surface area contributed by atoms with Crippen LogP contribution in [-0.4, -0.2) is 113 Å². The molecule has 0 bridgehead atoms. The summed E-state index contributed by atoms with van der Waals surface area (Å²) in [6.07, 6.45) is 4.45. The largest absolute Gasteiger partial charge is 0.478 e. The molecule has 0 spiro atoms. The predicted molar refractivity (Wildman–Crippen MR) is 268 cm³/mol. The van der Waals surface area contributed by atoms with Gasteiger partial charge in [-0.2, -0.15) is 5.10 Å². The maximum absolute atomic E-state index is 15.6. The molecule has 3 saturated heterocycles. The average molecular weight is 963 g/mol. The van der Waals surface area contributed by atoms with Gasteiger partial charge in [0.15, 0.2) is 0 Å². The zero-order valence-corrected chi connectivity index (χ0v) is 40.6. The number of nitrogens with one attached hydrogen (secondary N) is 3. The molecule has 5 amide bonds. The maximum atomic E-state index is 15.6. The number of carboxylic acids is 1. The number of piperazine rings is 1. The van der Waals surface area contributed by atoms with E-state index in [0.29, 0.717) is 77.8 Å². The van der Waals surface area contributed by atoms with Crippen LogP contribution in [0.1, 0.15) is 119 Å². The summed E-state index contributed by atoms with van der Waals surface area (Å²) >= 11 is 0. The van der Waals surface area contributed by atoms with E-state index >= 15 is 4.39 Å². The quantitative estimate of drug-likeness (QED) is 0.0662. The van der Waals surface area contributed by atoms with Crippen LogP contribution >= 0.6 is 0 Å². The first-order valence-electron chi connectivity index (χ1n) is 24.3. The summed E-state index contributed by atoms with van der Waals surface area (Å²) in [5, 5.41) is 24.6. The van der Waals surface area contributed by atoms with Gasteiger partial charge < -0.3 is 30.4 Å². The van der Waals surface area contributed by atoms with Gasteiger partial charge in [0.1, 0.15) is 5.82 Å². The van der Waals surface area contributed by atoms with Crippen LogP contribution in [0.4, 0.5) is 10.1 Å². The van der Waals surface area contributed by atoms with Gasteiger partial charge in [-0.15, -0.1) is 0 Å². The van der Waals surface area contributed by atoms with Gasteiger partial charge in [0.2, 0.25) is 23.6 Å². The Bertz CT molecular complexity index is 3050. The van der Waals surface area contributed by atoms with Gasteiger partial charge in [-0.3, -0.25) is 34.0 Å². The lowest BCUT2D eigenvalue weighted by Gasteiger charge is -2.36. The van der Waals surface area contributed by atoms with E-state index in [-0.39, 0.29) is 48.1 Å². The number of carbonyl (C=O) groups excluding carboxylic acids is 5. The minimum Gasteiger partial charge on any atom is -0.478 e. The third-order valence-corrected chi connectivity index (χ3v) is 13.9. The minimum atomic E-state index is -1.04. The number of aromatic nitrogens is 2. The standard InChI is InChI=1S/C55H59FN8O7/c1-34-10-11-38(8-7-22-57-36(3)65)30-44(34)54(69)58-35(2)41-16-14-39(45-31-40(55(70)71)15-17-42(41)45)13-12-37-20-24-62(25-21-37)23-6-5-9-51(67)64-28-26-63(27-29-64)49-33-48-46(32-47(49)56)52(60-61(48)4)43-18-19-50(66)59-53(43)68/h10-11,14-17,30-33,35,37,43H,5-6,9,18-29H2,1-4H3,(H,57,65)(H,58,69)(H,70,71)(H,59,66,68)/t35-,43?/m1/s1. The highest BCUT2D eigenvalue weighted by Crippen LogP contribution is 2.35. The number of benzene rings is 4. The number of unbranched alkanes of at least 4 members (excludes halogenated alkanes) is 1. The molecular weight excluding hydrogens is 904 g/mol. The van der Waals surface area contributed by atoms with Crippen molar-refractivity contribution < 1.29 is 38.3 Å². The molecule has 15 nitrogen and oxygen atoms in total. The van der Waals surface area contributed by atoms with Gasteiger partial charge in [-0.1, -0.05) is 41.9 Å². The Hall–Kier alpha value is -7.56. The maximum Gasteiger partial charge on any atom is 0.335 e. The molecule has 4 aromatic carbocycles. The first-order chi connectivity index (χ1) is 34.1. The van der Waals surface area contributed by atoms with Crippen LogP contribution in [0.2, 0.25) is 0 Å². The van der Waals surface area contributed by atoms with Gasteiger partial charge in [0, 0.05) is 81.0 Å². The Labute approximate surface area is 412 Å². The highest BCUT2D eigenvalue weighted by molar-refractivity contribution is 6.03. The number of hydrogen-bond acceptors (Lipinski definition) is 9. The van der Waals surface area contributed by atoms with Crippen LogP contribution in [0.5, 0.6) is 0 Å². The minimum absolute atomic E-state index is 0.102. The van der Waals surface area contributed by atoms with Crippen LogP contribution in [0.3, 0.4) is 0 Å². The van der Waals surface area contributed by atoms with Crippen LogP contribution in [0.15, 0.2) is 60.7 Å². The molecule has 0 saturated carbocycles. The van der Waals surface area contributed by atoms with Crippen molar-refractivity contribution in [2.75, 3.05) is 57.3 Å². The summed E-state index contributed by atoms with van der Waals surface area (Å²) in [6.45, 7) is 10.0. The molecule has 0 radical (unpaired) electrons. The first kappa shape index (κ1) is 49.8. The average Bonchev–Trinajstić information content (AvgIpc) is 3.67. The van der Waals surface area contributed by atoms with Crippen LogP contribution in [0, 0.1) is 42.3 Å².